The minimum absolute atomic E-state index is 0.0997. The van der Waals surface area contributed by atoms with Gasteiger partial charge >= 0.3 is 11.9 Å². The van der Waals surface area contributed by atoms with Gasteiger partial charge in [-0.2, -0.15) is 0 Å². The fraction of sp³-hybridized carbons (Fsp3) is 0.750. The van der Waals surface area contributed by atoms with E-state index < -0.39 is 19.4 Å². The number of carbonyl (C=O) groups excluding carboxylic acids is 2. The second-order valence-corrected chi connectivity index (χ2v) is 5.91. The van der Waals surface area contributed by atoms with Crippen LogP contribution in [-0.2, 0) is 23.6 Å². The monoisotopic (exact) mass is 286 g/mol. The lowest BCUT2D eigenvalue weighted by Gasteiger charge is -2.18. The van der Waals surface area contributed by atoms with Gasteiger partial charge in [0.1, 0.15) is 13.1 Å². The minimum Gasteiger partial charge on any atom is -0.468 e. The van der Waals surface area contributed by atoms with Crippen LogP contribution in [0.5, 0.6) is 0 Å². The molecule has 0 heterocycles. The van der Waals surface area contributed by atoms with Gasteiger partial charge in [0.15, 0.2) is 0 Å². The standard InChI is InChI=1S/C8H16ClN2O5P/c1-15-7(12)5-10-17(14,4-3-9)11-6-8(13)16-2/h3-6H2,1-2H3,(H2,10,11,14). The average molecular weight is 287 g/mol. The molecule has 0 unspecified atom stereocenters. The third-order valence-corrected chi connectivity index (χ3v) is 4.46. The molecule has 0 atom stereocenters. The maximum Gasteiger partial charge on any atom is 0.320 e. The summed E-state index contributed by atoms with van der Waals surface area (Å²) in [5.41, 5.74) is 0. The summed E-state index contributed by atoms with van der Waals surface area (Å²) in [4.78, 5) is 21.8. The van der Waals surface area contributed by atoms with Crippen molar-refractivity contribution < 1.29 is 23.6 Å². The number of halogens is 1. The highest BCUT2D eigenvalue weighted by Crippen LogP contribution is 2.34. The molecule has 0 radical (unpaired) electrons. The van der Waals surface area contributed by atoms with Gasteiger partial charge < -0.3 is 9.47 Å². The van der Waals surface area contributed by atoms with E-state index in [1.54, 1.807) is 0 Å². The van der Waals surface area contributed by atoms with Crippen LogP contribution in [0, 0.1) is 0 Å². The number of nitrogens with one attached hydrogen (secondary N) is 2. The summed E-state index contributed by atoms with van der Waals surface area (Å²) in [7, 11) is -0.646. The highest BCUT2D eigenvalue weighted by molar-refractivity contribution is 7.60. The Morgan fingerprint density at radius 2 is 1.53 bits per heavy atom. The van der Waals surface area contributed by atoms with Gasteiger partial charge in [0.05, 0.1) is 14.2 Å². The van der Waals surface area contributed by atoms with Crippen LogP contribution >= 0.6 is 19.0 Å². The van der Waals surface area contributed by atoms with E-state index in [1.807, 2.05) is 0 Å². The summed E-state index contributed by atoms with van der Waals surface area (Å²) in [6.45, 7) is -0.447. The summed E-state index contributed by atoms with van der Waals surface area (Å²) < 4.78 is 20.9. The zero-order valence-corrected chi connectivity index (χ0v) is 11.3. The van der Waals surface area contributed by atoms with Crippen LogP contribution in [0.1, 0.15) is 0 Å². The van der Waals surface area contributed by atoms with Crippen molar-refractivity contribution in [3.8, 4) is 0 Å². The summed E-state index contributed by atoms with van der Waals surface area (Å²) in [5, 5.41) is 5.01. The molecule has 17 heavy (non-hydrogen) atoms. The topological polar surface area (TPSA) is 93.7 Å². The van der Waals surface area contributed by atoms with E-state index in [2.05, 4.69) is 19.6 Å². The zero-order chi connectivity index (χ0) is 13.3. The maximum absolute atomic E-state index is 12.1. The number of rotatable bonds is 8. The van der Waals surface area contributed by atoms with Gasteiger partial charge in [-0.05, 0) is 0 Å². The van der Waals surface area contributed by atoms with E-state index in [0.29, 0.717) is 0 Å². The molecule has 0 fully saturated rings. The van der Waals surface area contributed by atoms with Crippen molar-refractivity contribution in [2.45, 2.75) is 0 Å². The summed E-state index contributed by atoms with van der Waals surface area (Å²) in [5.74, 6) is -0.987. The molecule has 7 nitrogen and oxygen atoms in total. The lowest BCUT2D eigenvalue weighted by Crippen LogP contribution is -2.32. The van der Waals surface area contributed by atoms with Crippen LogP contribution in [0.15, 0.2) is 0 Å². The van der Waals surface area contributed by atoms with Crippen LogP contribution in [0.25, 0.3) is 0 Å². The van der Waals surface area contributed by atoms with E-state index in [0.717, 1.165) is 0 Å². The van der Waals surface area contributed by atoms with E-state index in [9.17, 15) is 14.2 Å². The second kappa shape index (κ2) is 8.47. The van der Waals surface area contributed by atoms with Gasteiger partial charge in [0.25, 0.3) is 0 Å². The third kappa shape index (κ3) is 7.33. The summed E-state index contributed by atoms with van der Waals surface area (Å²) >= 11 is 5.50. The van der Waals surface area contributed by atoms with Crippen LogP contribution < -0.4 is 10.2 Å². The first kappa shape index (κ1) is 16.4. The second-order valence-electron chi connectivity index (χ2n) is 2.97. The maximum atomic E-state index is 12.1. The molecular formula is C8H16ClN2O5P. The first-order valence-corrected chi connectivity index (χ1v) is 7.19. The van der Waals surface area contributed by atoms with E-state index in [-0.39, 0.29) is 25.1 Å². The molecule has 2 N–H and O–H groups in total. The predicted molar refractivity (Wildman–Crippen MR) is 63.2 cm³/mol. The Bertz CT molecular complexity index is 288. The molecule has 0 aliphatic heterocycles. The van der Waals surface area contributed by atoms with Gasteiger partial charge in [-0.1, -0.05) is 0 Å². The fourth-order valence-corrected chi connectivity index (χ4v) is 3.01. The molecule has 0 aliphatic rings. The predicted octanol–water partition coefficient (Wildman–Crippen LogP) is -0.0565. The number of carbonyl (C=O) groups is 2. The van der Waals surface area contributed by atoms with E-state index in [4.69, 9.17) is 11.6 Å². The number of alkyl halides is 1. The normalized spacial score (nSPS) is 11.0. The van der Waals surface area contributed by atoms with Crippen LogP contribution in [0.2, 0.25) is 0 Å². The molecule has 0 rings (SSSR count). The molecule has 0 aromatic carbocycles. The molecular weight excluding hydrogens is 271 g/mol. The molecule has 100 valence electrons. The zero-order valence-electron chi connectivity index (χ0n) is 9.69. The average Bonchev–Trinajstić information content (AvgIpc) is 2.33. The van der Waals surface area contributed by atoms with E-state index in [1.165, 1.54) is 14.2 Å². The lowest BCUT2D eigenvalue weighted by atomic mass is 10.7. The van der Waals surface area contributed by atoms with Crippen molar-refractivity contribution in [1.29, 1.82) is 0 Å². The van der Waals surface area contributed by atoms with Gasteiger partial charge in [-0.25, -0.2) is 10.2 Å². The highest BCUT2D eigenvalue weighted by atomic mass is 35.5. The molecule has 0 spiro atoms. The van der Waals surface area contributed by atoms with Crippen molar-refractivity contribution >= 4 is 31.0 Å². The van der Waals surface area contributed by atoms with Crippen molar-refractivity contribution in [2.75, 3.05) is 39.4 Å². The molecule has 0 amide bonds. The Morgan fingerprint density at radius 1 is 1.12 bits per heavy atom. The fourth-order valence-electron chi connectivity index (χ4n) is 0.862. The molecule has 0 aromatic rings. The molecule has 0 aromatic heterocycles. The van der Waals surface area contributed by atoms with Gasteiger partial charge in [-0.3, -0.25) is 14.2 Å². The number of hydrogen-bond acceptors (Lipinski definition) is 5. The van der Waals surface area contributed by atoms with Crippen molar-refractivity contribution in [3.05, 3.63) is 0 Å². The molecule has 9 heteroatoms. The molecule has 0 saturated carbocycles. The lowest BCUT2D eigenvalue weighted by molar-refractivity contribution is -0.139. The number of ether oxygens (including phenoxy) is 2. The largest absolute Gasteiger partial charge is 0.468 e. The summed E-state index contributed by atoms with van der Waals surface area (Å²) in [6, 6.07) is 0. The highest BCUT2D eigenvalue weighted by Gasteiger charge is 2.22. The quantitative estimate of drug-likeness (QED) is 0.367. The first-order chi connectivity index (χ1) is 7.97. The SMILES string of the molecule is COC(=O)CNP(=O)(CCCl)NCC(=O)OC. The van der Waals surface area contributed by atoms with Gasteiger partial charge in [0.2, 0.25) is 7.44 Å². The van der Waals surface area contributed by atoms with Crippen molar-refractivity contribution in [2.24, 2.45) is 0 Å². The number of hydrogen-bond donors (Lipinski definition) is 2. The number of methoxy groups -OCH3 is 2. The molecule has 0 saturated heterocycles. The van der Waals surface area contributed by atoms with Crippen molar-refractivity contribution in [1.82, 2.24) is 10.2 Å². The van der Waals surface area contributed by atoms with Crippen molar-refractivity contribution in [3.63, 3.8) is 0 Å². The van der Waals surface area contributed by atoms with Crippen LogP contribution in [-0.4, -0.2) is 51.3 Å². The van der Waals surface area contributed by atoms with Gasteiger partial charge in [0, 0.05) is 12.0 Å². The van der Waals surface area contributed by atoms with Crippen LogP contribution in [0.3, 0.4) is 0 Å². The molecule has 0 aliphatic carbocycles. The minimum atomic E-state index is -3.09. The Balaban J connectivity index is 4.29. The summed E-state index contributed by atoms with van der Waals surface area (Å²) in [6.07, 6.45) is 0.0997. The Hall–Kier alpha value is -0.620. The Kier molecular flexibility index (Phi) is 8.16. The van der Waals surface area contributed by atoms with Crippen LogP contribution in [0.4, 0.5) is 0 Å². The Morgan fingerprint density at radius 3 is 1.82 bits per heavy atom. The third-order valence-electron chi connectivity index (χ3n) is 1.81. The molecule has 0 bridgehead atoms. The van der Waals surface area contributed by atoms with Gasteiger partial charge in [-0.15, -0.1) is 11.6 Å². The smallest absolute Gasteiger partial charge is 0.320 e. The number of esters is 2. The van der Waals surface area contributed by atoms with E-state index >= 15 is 0 Å². The first-order valence-electron chi connectivity index (χ1n) is 4.76. The Labute approximate surface area is 105 Å².